The zero-order valence-corrected chi connectivity index (χ0v) is 12.3. The quantitative estimate of drug-likeness (QED) is 0.695. The molecule has 0 spiro atoms. The van der Waals surface area contributed by atoms with Gasteiger partial charge in [-0.05, 0) is 19.1 Å². The lowest BCUT2D eigenvalue weighted by molar-refractivity contribution is 0.0527. The summed E-state index contributed by atoms with van der Waals surface area (Å²) in [5, 5.41) is 7.95. The van der Waals surface area contributed by atoms with Crippen molar-refractivity contribution in [3.8, 4) is 11.4 Å². The number of nitrogen functional groups attached to an aromatic ring is 1. The van der Waals surface area contributed by atoms with Gasteiger partial charge in [-0.3, -0.25) is 4.98 Å². The Bertz CT molecular complexity index is 811. The Hall–Kier alpha value is -3.23. The van der Waals surface area contributed by atoms with Crippen LogP contribution in [0.1, 0.15) is 23.2 Å². The minimum atomic E-state index is -0.515. The summed E-state index contributed by atoms with van der Waals surface area (Å²) in [5.41, 5.74) is 6.90. The van der Waals surface area contributed by atoms with Crippen LogP contribution in [-0.4, -0.2) is 37.5 Å². The van der Waals surface area contributed by atoms with E-state index in [0.29, 0.717) is 11.7 Å². The van der Waals surface area contributed by atoms with Crippen molar-refractivity contribution < 1.29 is 14.1 Å². The minimum absolute atomic E-state index is 0.156. The van der Waals surface area contributed by atoms with E-state index in [1.807, 2.05) is 0 Å². The second-order valence-electron chi connectivity index (χ2n) is 4.57. The van der Waals surface area contributed by atoms with E-state index in [1.54, 1.807) is 31.5 Å². The van der Waals surface area contributed by atoms with Crippen molar-refractivity contribution in [2.75, 3.05) is 12.3 Å². The van der Waals surface area contributed by atoms with Crippen LogP contribution in [0.3, 0.4) is 0 Å². The van der Waals surface area contributed by atoms with Gasteiger partial charge in [0.1, 0.15) is 17.9 Å². The van der Waals surface area contributed by atoms with Gasteiger partial charge in [0.15, 0.2) is 0 Å². The second-order valence-corrected chi connectivity index (χ2v) is 4.57. The molecule has 0 atom stereocenters. The van der Waals surface area contributed by atoms with Crippen LogP contribution in [0.25, 0.3) is 11.4 Å². The Morgan fingerprint density at radius 1 is 1.39 bits per heavy atom. The number of nitrogens with two attached hydrogens (primary N) is 1. The molecule has 0 unspecified atom stereocenters. The van der Waals surface area contributed by atoms with Crippen LogP contribution >= 0.6 is 0 Å². The van der Waals surface area contributed by atoms with Crippen molar-refractivity contribution >= 4 is 11.8 Å². The van der Waals surface area contributed by atoms with Crippen molar-refractivity contribution in [3.63, 3.8) is 0 Å². The van der Waals surface area contributed by atoms with E-state index in [2.05, 4.69) is 20.2 Å². The molecule has 3 rings (SSSR count). The largest absolute Gasteiger partial charge is 0.462 e. The maximum Gasteiger partial charge on any atom is 0.343 e. The summed E-state index contributed by atoms with van der Waals surface area (Å²) in [7, 11) is 0. The van der Waals surface area contributed by atoms with Gasteiger partial charge in [0.2, 0.25) is 11.7 Å². The Kier molecular flexibility index (Phi) is 4.00. The number of hydrogen-bond donors (Lipinski definition) is 1. The zero-order chi connectivity index (χ0) is 16.2. The fraction of sp³-hybridized carbons (Fsp3) is 0.214. The molecule has 0 bridgehead atoms. The number of nitrogens with zero attached hydrogens (tertiary/aromatic N) is 5. The third kappa shape index (κ3) is 3.03. The van der Waals surface area contributed by atoms with Crippen molar-refractivity contribution in [1.82, 2.24) is 24.9 Å². The molecular formula is C14H14N6O3. The van der Waals surface area contributed by atoms with Crippen molar-refractivity contribution in [2.45, 2.75) is 13.5 Å². The van der Waals surface area contributed by atoms with E-state index in [0.717, 1.165) is 5.56 Å². The SMILES string of the molecule is CCOC(=O)c1cnn(Cc2nc(-c3ccncc3)no2)c1N. The molecule has 0 amide bonds. The molecule has 0 saturated heterocycles. The number of pyridine rings is 1. The van der Waals surface area contributed by atoms with Gasteiger partial charge < -0.3 is 15.0 Å². The predicted octanol–water partition coefficient (Wildman–Crippen LogP) is 1.14. The molecule has 0 aliphatic carbocycles. The van der Waals surface area contributed by atoms with Gasteiger partial charge in [-0.25, -0.2) is 9.48 Å². The molecule has 0 aliphatic rings. The number of esters is 1. The van der Waals surface area contributed by atoms with Crippen LogP contribution in [0.15, 0.2) is 35.2 Å². The van der Waals surface area contributed by atoms with Gasteiger partial charge in [0, 0.05) is 18.0 Å². The maximum absolute atomic E-state index is 11.7. The molecule has 23 heavy (non-hydrogen) atoms. The van der Waals surface area contributed by atoms with Crippen LogP contribution in [0.2, 0.25) is 0 Å². The smallest absolute Gasteiger partial charge is 0.343 e. The molecule has 0 fully saturated rings. The second kappa shape index (κ2) is 6.26. The third-order valence-corrected chi connectivity index (χ3v) is 3.07. The Balaban J connectivity index is 1.78. The van der Waals surface area contributed by atoms with E-state index in [9.17, 15) is 4.79 Å². The lowest BCUT2D eigenvalue weighted by Gasteiger charge is -2.02. The molecule has 0 saturated carbocycles. The van der Waals surface area contributed by atoms with E-state index < -0.39 is 5.97 Å². The number of ether oxygens (including phenoxy) is 1. The molecule has 0 aliphatic heterocycles. The van der Waals surface area contributed by atoms with Crippen LogP contribution in [0.5, 0.6) is 0 Å². The molecule has 9 nitrogen and oxygen atoms in total. The van der Waals surface area contributed by atoms with Gasteiger partial charge >= 0.3 is 5.97 Å². The predicted molar refractivity (Wildman–Crippen MR) is 79.2 cm³/mol. The number of carbonyl (C=O) groups excluding carboxylic acids is 1. The summed E-state index contributed by atoms with van der Waals surface area (Å²) in [6, 6.07) is 3.55. The molecule has 118 valence electrons. The lowest BCUT2D eigenvalue weighted by Crippen LogP contribution is -2.10. The normalized spacial score (nSPS) is 10.7. The fourth-order valence-electron chi connectivity index (χ4n) is 1.95. The minimum Gasteiger partial charge on any atom is -0.462 e. The maximum atomic E-state index is 11.7. The zero-order valence-electron chi connectivity index (χ0n) is 12.3. The Morgan fingerprint density at radius 2 is 2.17 bits per heavy atom. The number of carbonyl (C=O) groups is 1. The Labute approximate surface area is 131 Å². The van der Waals surface area contributed by atoms with Crippen LogP contribution < -0.4 is 5.73 Å². The standard InChI is InChI=1S/C14H14N6O3/c1-2-22-14(21)10-7-17-20(12(10)15)8-11-18-13(19-23-11)9-3-5-16-6-4-9/h3-7H,2,8,15H2,1H3. The van der Waals surface area contributed by atoms with E-state index >= 15 is 0 Å². The van der Waals surface area contributed by atoms with Crippen molar-refractivity contribution in [2.24, 2.45) is 0 Å². The van der Waals surface area contributed by atoms with Crippen LogP contribution in [-0.2, 0) is 11.3 Å². The van der Waals surface area contributed by atoms with Crippen molar-refractivity contribution in [3.05, 3.63) is 42.2 Å². The van der Waals surface area contributed by atoms with Gasteiger partial charge in [0.25, 0.3) is 0 Å². The monoisotopic (exact) mass is 314 g/mol. The van der Waals surface area contributed by atoms with E-state index in [-0.39, 0.29) is 24.5 Å². The van der Waals surface area contributed by atoms with E-state index in [4.69, 9.17) is 15.0 Å². The highest BCUT2D eigenvalue weighted by atomic mass is 16.5. The number of anilines is 1. The average molecular weight is 314 g/mol. The van der Waals surface area contributed by atoms with Gasteiger partial charge in [0.05, 0.1) is 12.8 Å². The first kappa shape index (κ1) is 14.7. The molecule has 3 aromatic heterocycles. The average Bonchev–Trinajstić information content (AvgIpc) is 3.17. The van der Waals surface area contributed by atoms with Crippen LogP contribution in [0, 0.1) is 0 Å². The van der Waals surface area contributed by atoms with Gasteiger partial charge in [-0.2, -0.15) is 10.1 Å². The number of hydrogen-bond acceptors (Lipinski definition) is 8. The molecule has 0 radical (unpaired) electrons. The Morgan fingerprint density at radius 3 is 2.91 bits per heavy atom. The van der Waals surface area contributed by atoms with Crippen LogP contribution in [0.4, 0.5) is 5.82 Å². The van der Waals surface area contributed by atoms with E-state index in [1.165, 1.54) is 10.9 Å². The highest BCUT2D eigenvalue weighted by molar-refractivity contribution is 5.93. The molecular weight excluding hydrogens is 300 g/mol. The molecule has 9 heteroatoms. The number of rotatable bonds is 5. The summed E-state index contributed by atoms with van der Waals surface area (Å²) in [4.78, 5) is 19.9. The summed E-state index contributed by atoms with van der Waals surface area (Å²) in [5.74, 6) is 0.437. The summed E-state index contributed by atoms with van der Waals surface area (Å²) >= 11 is 0. The lowest BCUT2D eigenvalue weighted by atomic mass is 10.2. The molecule has 2 N–H and O–H groups in total. The molecule has 0 aromatic carbocycles. The highest BCUT2D eigenvalue weighted by Gasteiger charge is 2.18. The first-order chi connectivity index (χ1) is 11.2. The van der Waals surface area contributed by atoms with Gasteiger partial charge in [-0.1, -0.05) is 5.16 Å². The first-order valence-electron chi connectivity index (χ1n) is 6.90. The fourth-order valence-corrected chi connectivity index (χ4v) is 1.95. The summed E-state index contributed by atoms with van der Waals surface area (Å²) in [6.45, 7) is 2.14. The first-order valence-corrected chi connectivity index (χ1v) is 6.90. The third-order valence-electron chi connectivity index (χ3n) is 3.07. The number of aromatic nitrogens is 5. The topological polar surface area (TPSA) is 122 Å². The molecule has 3 heterocycles. The molecule has 3 aromatic rings. The van der Waals surface area contributed by atoms with Gasteiger partial charge in [-0.15, -0.1) is 0 Å². The summed E-state index contributed by atoms with van der Waals surface area (Å²) < 4.78 is 11.5. The summed E-state index contributed by atoms with van der Waals surface area (Å²) in [6.07, 6.45) is 4.64. The van der Waals surface area contributed by atoms with Crippen molar-refractivity contribution in [1.29, 1.82) is 0 Å². The highest BCUT2D eigenvalue weighted by Crippen LogP contribution is 2.17.